The van der Waals surface area contributed by atoms with Crippen LogP contribution in [0.25, 0.3) is 0 Å². The van der Waals surface area contributed by atoms with Gasteiger partial charge in [-0.2, -0.15) is 0 Å². The van der Waals surface area contributed by atoms with Crippen molar-refractivity contribution in [3.05, 3.63) is 23.5 Å². The van der Waals surface area contributed by atoms with Crippen molar-refractivity contribution in [3.63, 3.8) is 0 Å². The zero-order chi connectivity index (χ0) is 11.1. The average molecular weight is 211 g/mol. The maximum absolute atomic E-state index is 13.0. The lowest BCUT2D eigenvalue weighted by Gasteiger charge is -2.14. The van der Waals surface area contributed by atoms with Crippen LogP contribution < -0.4 is 10.5 Å². The van der Waals surface area contributed by atoms with Crippen LogP contribution in [0, 0.1) is 5.82 Å². The van der Waals surface area contributed by atoms with Gasteiger partial charge in [0, 0.05) is 23.2 Å². The fourth-order valence-corrected chi connectivity index (χ4v) is 1.65. The third kappa shape index (κ3) is 2.04. The number of methoxy groups -OCH3 is 1. The topological polar surface area (TPSA) is 55.5 Å². The molecule has 1 saturated carbocycles. The number of ether oxygens (including phenoxy) is 1. The highest BCUT2D eigenvalue weighted by atomic mass is 19.1. The van der Waals surface area contributed by atoms with E-state index in [-0.39, 0.29) is 11.3 Å². The highest BCUT2D eigenvalue weighted by Gasteiger charge is 2.39. The molecule has 0 spiro atoms. The molecular formula is C11H14FNO2. The predicted octanol–water partition coefficient (Wildman–Crippen LogP) is 1.57. The Morgan fingerprint density at radius 1 is 1.53 bits per heavy atom. The Bertz CT molecular complexity index is 388. The smallest absolute Gasteiger partial charge is 0.130 e. The van der Waals surface area contributed by atoms with E-state index in [9.17, 15) is 9.50 Å². The molecule has 1 aliphatic carbocycles. The highest BCUT2D eigenvalue weighted by Crippen LogP contribution is 2.40. The molecule has 0 atom stereocenters. The summed E-state index contributed by atoms with van der Waals surface area (Å²) < 4.78 is 18.0. The van der Waals surface area contributed by atoms with E-state index in [0.717, 1.165) is 18.9 Å². The molecule has 1 aromatic rings. The molecule has 82 valence electrons. The Kier molecular flexibility index (Phi) is 2.31. The van der Waals surface area contributed by atoms with Crippen molar-refractivity contribution in [2.45, 2.75) is 24.8 Å². The second kappa shape index (κ2) is 3.38. The number of hydrogen-bond donors (Lipinski definition) is 2. The summed E-state index contributed by atoms with van der Waals surface area (Å²) in [5, 5.41) is 9.62. The summed E-state index contributed by atoms with van der Waals surface area (Å²) in [5.41, 5.74) is 6.31. The van der Waals surface area contributed by atoms with E-state index in [4.69, 9.17) is 10.5 Å². The van der Waals surface area contributed by atoms with Gasteiger partial charge in [-0.25, -0.2) is 4.39 Å². The third-order valence-corrected chi connectivity index (χ3v) is 2.79. The molecule has 3 nitrogen and oxygen atoms in total. The number of nitrogens with two attached hydrogens (primary N) is 1. The second-order valence-corrected chi connectivity index (χ2v) is 4.14. The number of phenolic OH excluding ortho intramolecular Hbond substituents is 1. The summed E-state index contributed by atoms with van der Waals surface area (Å²) in [6, 6.07) is 2.35. The molecule has 0 heterocycles. The zero-order valence-electron chi connectivity index (χ0n) is 8.59. The molecule has 0 saturated heterocycles. The van der Waals surface area contributed by atoms with Gasteiger partial charge in [0.15, 0.2) is 0 Å². The minimum absolute atomic E-state index is 0.0800. The Hall–Kier alpha value is -1.29. The summed E-state index contributed by atoms with van der Waals surface area (Å²) in [7, 11) is 1.45. The van der Waals surface area contributed by atoms with Gasteiger partial charge in [0.1, 0.15) is 17.3 Å². The largest absolute Gasteiger partial charge is 0.507 e. The summed E-state index contributed by atoms with van der Waals surface area (Å²) in [4.78, 5) is 0. The van der Waals surface area contributed by atoms with Crippen molar-refractivity contribution >= 4 is 0 Å². The van der Waals surface area contributed by atoms with Crippen molar-refractivity contribution in [3.8, 4) is 11.5 Å². The minimum Gasteiger partial charge on any atom is -0.507 e. The van der Waals surface area contributed by atoms with Gasteiger partial charge in [0.2, 0.25) is 0 Å². The molecule has 1 fully saturated rings. The van der Waals surface area contributed by atoms with E-state index in [1.165, 1.54) is 13.2 Å². The van der Waals surface area contributed by atoms with Crippen molar-refractivity contribution in [1.82, 2.24) is 0 Å². The maximum atomic E-state index is 13.0. The molecule has 0 aliphatic heterocycles. The van der Waals surface area contributed by atoms with Crippen LogP contribution >= 0.6 is 0 Å². The lowest BCUT2D eigenvalue weighted by molar-refractivity contribution is 0.390. The Labute approximate surface area is 87.7 Å². The number of benzene rings is 1. The van der Waals surface area contributed by atoms with Gasteiger partial charge < -0.3 is 15.6 Å². The van der Waals surface area contributed by atoms with Crippen molar-refractivity contribution in [2.75, 3.05) is 7.11 Å². The van der Waals surface area contributed by atoms with Gasteiger partial charge in [-0.1, -0.05) is 0 Å². The lowest BCUT2D eigenvalue weighted by Crippen LogP contribution is -2.24. The SMILES string of the molecule is COc1cc(F)cc(O)c1CC1(N)CC1. The highest BCUT2D eigenvalue weighted by molar-refractivity contribution is 5.46. The van der Waals surface area contributed by atoms with E-state index in [2.05, 4.69) is 0 Å². The zero-order valence-corrected chi connectivity index (χ0v) is 8.59. The molecule has 2 rings (SSSR count). The first-order valence-electron chi connectivity index (χ1n) is 4.88. The normalized spacial score (nSPS) is 17.5. The molecule has 0 bridgehead atoms. The molecule has 0 amide bonds. The van der Waals surface area contributed by atoms with Crippen LogP contribution in [0.2, 0.25) is 0 Å². The minimum atomic E-state index is -0.505. The van der Waals surface area contributed by atoms with E-state index in [1.807, 2.05) is 0 Å². The van der Waals surface area contributed by atoms with Gasteiger partial charge in [-0.3, -0.25) is 0 Å². The fourth-order valence-electron chi connectivity index (χ4n) is 1.65. The van der Waals surface area contributed by atoms with E-state index in [0.29, 0.717) is 17.7 Å². The first-order valence-corrected chi connectivity index (χ1v) is 4.88. The van der Waals surface area contributed by atoms with E-state index in [1.54, 1.807) is 0 Å². The first kappa shape index (κ1) is 10.2. The summed E-state index contributed by atoms with van der Waals surface area (Å²) in [5.74, 6) is -0.220. The van der Waals surface area contributed by atoms with Crippen LogP contribution in [0.1, 0.15) is 18.4 Å². The molecule has 1 aromatic carbocycles. The van der Waals surface area contributed by atoms with Gasteiger partial charge in [-0.05, 0) is 19.3 Å². The molecule has 3 N–H and O–H groups in total. The predicted molar refractivity (Wildman–Crippen MR) is 54.5 cm³/mol. The van der Waals surface area contributed by atoms with Gasteiger partial charge in [-0.15, -0.1) is 0 Å². The Balaban J connectivity index is 2.35. The molecule has 4 heteroatoms. The molecule has 0 unspecified atom stereocenters. The molecule has 1 aliphatic rings. The van der Waals surface area contributed by atoms with Crippen molar-refractivity contribution in [2.24, 2.45) is 5.73 Å². The molecule has 15 heavy (non-hydrogen) atoms. The van der Waals surface area contributed by atoms with Gasteiger partial charge in [0.25, 0.3) is 0 Å². The van der Waals surface area contributed by atoms with Gasteiger partial charge in [0.05, 0.1) is 7.11 Å². The van der Waals surface area contributed by atoms with Crippen molar-refractivity contribution in [1.29, 1.82) is 0 Å². The van der Waals surface area contributed by atoms with E-state index >= 15 is 0 Å². The summed E-state index contributed by atoms with van der Waals surface area (Å²) >= 11 is 0. The van der Waals surface area contributed by atoms with Crippen LogP contribution in [0.15, 0.2) is 12.1 Å². The summed E-state index contributed by atoms with van der Waals surface area (Å²) in [6.45, 7) is 0. The quantitative estimate of drug-likeness (QED) is 0.798. The van der Waals surface area contributed by atoms with Crippen LogP contribution in [0.3, 0.4) is 0 Å². The maximum Gasteiger partial charge on any atom is 0.130 e. The second-order valence-electron chi connectivity index (χ2n) is 4.14. The van der Waals surface area contributed by atoms with E-state index < -0.39 is 5.82 Å². The number of halogens is 1. The number of hydrogen-bond acceptors (Lipinski definition) is 3. The first-order chi connectivity index (χ1) is 7.04. The van der Waals surface area contributed by atoms with Crippen molar-refractivity contribution < 1.29 is 14.2 Å². The number of rotatable bonds is 3. The third-order valence-electron chi connectivity index (χ3n) is 2.79. The Morgan fingerprint density at radius 2 is 2.20 bits per heavy atom. The van der Waals surface area contributed by atoms with Crippen LogP contribution in [-0.2, 0) is 6.42 Å². The number of phenols is 1. The average Bonchev–Trinajstić information content (AvgIpc) is 2.88. The van der Waals surface area contributed by atoms with Crippen LogP contribution in [0.4, 0.5) is 4.39 Å². The number of aromatic hydroxyl groups is 1. The van der Waals surface area contributed by atoms with Crippen LogP contribution in [-0.4, -0.2) is 17.8 Å². The monoisotopic (exact) mass is 211 g/mol. The lowest BCUT2D eigenvalue weighted by atomic mass is 10.0. The molecule has 0 radical (unpaired) electrons. The fraction of sp³-hybridized carbons (Fsp3) is 0.455. The van der Waals surface area contributed by atoms with Gasteiger partial charge >= 0.3 is 0 Å². The summed E-state index contributed by atoms with van der Waals surface area (Å²) in [6.07, 6.45) is 2.40. The van der Waals surface area contributed by atoms with Crippen LogP contribution in [0.5, 0.6) is 11.5 Å². The Morgan fingerprint density at radius 3 is 2.73 bits per heavy atom. The standard InChI is InChI=1S/C11H14FNO2/c1-15-10-5-7(12)4-9(14)8(10)6-11(13)2-3-11/h4-5,14H,2-3,6,13H2,1H3. The molecular weight excluding hydrogens is 197 g/mol. The molecule has 0 aromatic heterocycles.